The lowest BCUT2D eigenvalue weighted by atomic mass is 9.71. The van der Waals surface area contributed by atoms with Gasteiger partial charge in [-0.1, -0.05) is 168 Å². The third-order valence-corrected chi connectivity index (χ3v) is 18.0. The number of aromatic hydroxyl groups is 3. The smallest absolute Gasteiger partial charge is 0.347 e. The summed E-state index contributed by atoms with van der Waals surface area (Å²) in [4.78, 5) is 70.8. The zero-order chi connectivity index (χ0) is 69.4. The molecule has 2 heterocycles. The molecular formula is C80H100O14. The Hall–Kier alpha value is -8.72. The van der Waals surface area contributed by atoms with Crippen LogP contribution in [0.2, 0.25) is 0 Å². The average Bonchev–Trinajstić information content (AvgIpc) is 0.778. The number of carbonyl (C=O) groups excluding carboxylic acids is 4. The van der Waals surface area contributed by atoms with Crippen molar-refractivity contribution in [2.45, 2.75) is 187 Å². The number of phenols is 3. The van der Waals surface area contributed by atoms with Crippen molar-refractivity contribution >= 4 is 40.1 Å². The van der Waals surface area contributed by atoms with E-state index in [9.17, 15) is 59.4 Å². The number of carboxylic acids is 1. The van der Waals surface area contributed by atoms with Gasteiger partial charge in [-0.25, -0.2) is 4.79 Å². The van der Waals surface area contributed by atoms with Gasteiger partial charge in [0.1, 0.15) is 58.6 Å². The number of aliphatic carboxylic acids is 1. The number of ketones is 4. The van der Waals surface area contributed by atoms with E-state index < -0.39 is 23.8 Å². The lowest BCUT2D eigenvalue weighted by molar-refractivity contribution is -0.155. The van der Waals surface area contributed by atoms with Crippen molar-refractivity contribution in [3.63, 3.8) is 0 Å². The highest BCUT2D eigenvalue weighted by atomic mass is 16.5. The van der Waals surface area contributed by atoms with Gasteiger partial charge in [0.05, 0.1) is 10.9 Å². The lowest BCUT2D eigenvalue weighted by Gasteiger charge is -2.34. The largest absolute Gasteiger partial charge is 0.508 e. The maximum Gasteiger partial charge on any atom is 0.347 e. The average molecular weight is 1290 g/mol. The quantitative estimate of drug-likeness (QED) is 0.0643. The summed E-state index contributed by atoms with van der Waals surface area (Å²) in [6.07, 6.45) is 32.5. The Labute approximate surface area is 556 Å². The number of ether oxygens (including phenoxy) is 1. The van der Waals surface area contributed by atoms with E-state index in [1.54, 1.807) is 32.9 Å². The number of hydrogen-bond donors (Lipinski definition) is 6. The second-order valence-corrected chi connectivity index (χ2v) is 26.3. The van der Waals surface area contributed by atoms with Crippen molar-refractivity contribution in [3.8, 4) is 34.1 Å². The van der Waals surface area contributed by atoms with Crippen LogP contribution in [0, 0.1) is 43.4 Å². The minimum absolute atomic E-state index is 0. The van der Waals surface area contributed by atoms with E-state index in [0.717, 1.165) is 68.5 Å². The first-order valence-electron chi connectivity index (χ1n) is 31.9. The summed E-state index contributed by atoms with van der Waals surface area (Å²) in [5.74, 6) is 0.438. The van der Waals surface area contributed by atoms with Crippen molar-refractivity contribution in [1.29, 1.82) is 0 Å². The van der Waals surface area contributed by atoms with Gasteiger partial charge >= 0.3 is 5.97 Å². The number of aliphatic hydroxyl groups is 2. The van der Waals surface area contributed by atoms with Gasteiger partial charge in [0.25, 0.3) is 0 Å². The van der Waals surface area contributed by atoms with Crippen LogP contribution in [-0.2, 0) is 30.4 Å². The summed E-state index contributed by atoms with van der Waals surface area (Å²) < 4.78 is 11.1. The standard InChI is InChI=1S/C40H52O4.C15H10O4.C14H18O4.C10H16O2.CH4/c1-27(17-13-19-29(3)21-23-33-31(5)37(43)35(41)25-39(33,7)8)15-11-12-16-28(2)18-14-20-30(4)22-24-34-32(6)38(44)36(42)26-40(34,9)10;16-10-3-1-9(2-4-10)13-8-19-14-7-11(17)5-6-12(14)15(13)18;1-7-8(2)12-10(9(3)11(7)15)5-6-14(4,18-12)13(16)17;1-3-7-8(4-2)10(12)6-5-9(7)11;/h11-24,35-36,41-42H,25-26H2,1-10H3;1-8,16-17H;15H,5-6H2,1-4H3,(H,16,17);7-8H,3-6H2,1-2H3;1H4/b12-11+,17-13+,18-14+,23-21+,24-22+,27-15+,28-16+,29-19+,30-20+;;;;. The fourth-order valence-electron chi connectivity index (χ4n) is 12.1. The molecule has 14 heteroatoms. The highest BCUT2D eigenvalue weighted by Gasteiger charge is 2.42. The SMILES string of the molecule is C.CC1=C(/C=C/C(C)=C/C=C/C(C)=C/C=C/C=C(C)/C=C/C=C(C)/C=C/C2=C(C)C(=O)C(O)CC2(C)C)C(C)(C)CC(O)C1=O.CCC1C(=O)CCC(=O)C1CC.Cc1c(C)c2c(c(C)c1O)CCC(C)(C(=O)O)O2.O=c1c(-c2ccc(O)cc2)coc2cc(O)ccc12. The molecule has 0 radical (unpaired) electrons. The summed E-state index contributed by atoms with van der Waals surface area (Å²) >= 11 is 0. The van der Waals surface area contributed by atoms with Crippen molar-refractivity contribution in [1.82, 2.24) is 0 Å². The zero-order valence-corrected chi connectivity index (χ0v) is 57.1. The molecule has 6 N–H and O–H groups in total. The zero-order valence-electron chi connectivity index (χ0n) is 57.1. The molecule has 3 aliphatic carbocycles. The van der Waals surface area contributed by atoms with Crippen molar-refractivity contribution < 1.29 is 63.8 Å². The van der Waals surface area contributed by atoms with Crippen LogP contribution in [0.4, 0.5) is 0 Å². The van der Waals surface area contributed by atoms with E-state index in [4.69, 9.17) is 9.15 Å². The summed E-state index contributed by atoms with van der Waals surface area (Å²) in [7, 11) is 0. The second kappa shape index (κ2) is 33.9. The molecule has 1 aliphatic heterocycles. The number of carbonyl (C=O) groups is 5. The van der Waals surface area contributed by atoms with E-state index in [1.165, 1.54) is 36.6 Å². The summed E-state index contributed by atoms with van der Waals surface area (Å²) in [6.45, 7) is 31.1. The number of benzene rings is 3. The highest BCUT2D eigenvalue weighted by Crippen LogP contribution is 2.44. The Balaban J connectivity index is 0.000000306. The third kappa shape index (κ3) is 19.9. The minimum atomic E-state index is -1.17. The van der Waals surface area contributed by atoms with Gasteiger partial charge in [-0.3, -0.25) is 24.0 Å². The van der Waals surface area contributed by atoms with Gasteiger partial charge < -0.3 is 39.8 Å². The second-order valence-electron chi connectivity index (χ2n) is 26.3. The van der Waals surface area contributed by atoms with Gasteiger partial charge in [0.2, 0.25) is 5.60 Å². The van der Waals surface area contributed by atoms with E-state index in [0.29, 0.717) is 89.1 Å². The number of Topliss-reactive ketones (excluding diaryl/α,β-unsaturated/α-hetero) is 4. The predicted molar refractivity (Wildman–Crippen MR) is 377 cm³/mol. The lowest BCUT2D eigenvalue weighted by Crippen LogP contribution is -2.44. The van der Waals surface area contributed by atoms with Crippen molar-refractivity contribution in [2.75, 3.05) is 0 Å². The number of aliphatic hydroxyl groups excluding tert-OH is 2. The minimum Gasteiger partial charge on any atom is -0.508 e. The summed E-state index contributed by atoms with van der Waals surface area (Å²) in [5, 5.41) is 58.3. The molecule has 0 bridgehead atoms. The van der Waals surface area contributed by atoms with Crippen LogP contribution in [0.15, 0.2) is 188 Å². The molecular weight excluding hydrogens is 1180 g/mol. The van der Waals surface area contributed by atoms with Crippen LogP contribution >= 0.6 is 0 Å². The number of rotatable bonds is 14. The molecule has 504 valence electrons. The van der Waals surface area contributed by atoms with Crippen molar-refractivity contribution in [3.05, 3.63) is 211 Å². The number of hydrogen-bond acceptors (Lipinski definition) is 13. The molecule has 1 aromatic heterocycles. The molecule has 3 aromatic carbocycles. The maximum atomic E-state index is 12.3. The number of allylic oxidation sites excluding steroid dienone is 20. The van der Waals surface area contributed by atoms with Crippen LogP contribution in [0.25, 0.3) is 22.1 Å². The maximum absolute atomic E-state index is 12.3. The van der Waals surface area contributed by atoms with Crippen LogP contribution in [0.1, 0.15) is 165 Å². The van der Waals surface area contributed by atoms with Gasteiger partial charge in [-0.2, -0.15) is 0 Å². The first-order valence-corrected chi connectivity index (χ1v) is 31.9. The van der Waals surface area contributed by atoms with Crippen LogP contribution < -0.4 is 10.2 Å². The van der Waals surface area contributed by atoms with E-state index in [2.05, 4.69) is 65.8 Å². The monoisotopic (exact) mass is 1280 g/mol. The fourth-order valence-corrected chi connectivity index (χ4v) is 12.1. The predicted octanol–water partition coefficient (Wildman–Crippen LogP) is 16.9. The molecule has 5 atom stereocenters. The Morgan fingerprint density at radius 2 is 1.02 bits per heavy atom. The molecule has 0 amide bonds. The van der Waals surface area contributed by atoms with Crippen LogP contribution in [0.3, 0.4) is 0 Å². The normalized spacial score (nSPS) is 21.9. The Kier molecular flexibility index (Phi) is 28.0. The molecule has 8 rings (SSSR count). The van der Waals surface area contributed by atoms with E-state index >= 15 is 0 Å². The molecule has 0 spiro atoms. The number of carboxylic acid groups (broad SMARTS) is 1. The summed E-state index contributed by atoms with van der Waals surface area (Å²) in [5.41, 5.74) is 10.5. The van der Waals surface area contributed by atoms with Gasteiger partial charge in [-0.05, 0) is 181 Å². The molecule has 14 nitrogen and oxygen atoms in total. The van der Waals surface area contributed by atoms with Gasteiger partial charge in [-0.15, -0.1) is 0 Å². The number of fused-ring (bicyclic) bond motifs is 2. The Morgan fingerprint density at radius 3 is 1.47 bits per heavy atom. The highest BCUT2D eigenvalue weighted by molar-refractivity contribution is 6.01. The van der Waals surface area contributed by atoms with Crippen molar-refractivity contribution in [2.24, 2.45) is 22.7 Å². The van der Waals surface area contributed by atoms with Crippen LogP contribution in [0.5, 0.6) is 23.0 Å². The first-order chi connectivity index (χ1) is 43.6. The van der Waals surface area contributed by atoms with Gasteiger partial charge in [0, 0.05) is 42.7 Å². The molecule has 4 aliphatic rings. The molecule has 1 saturated carbocycles. The molecule has 4 aromatic rings. The fraction of sp³-hybridized carbons (Fsp3) is 0.400. The van der Waals surface area contributed by atoms with E-state index in [-0.39, 0.29) is 64.3 Å². The number of phenolic OH excluding ortho intramolecular Hbond substituents is 3. The van der Waals surface area contributed by atoms with Crippen LogP contribution in [-0.4, -0.2) is 77.6 Å². The Bertz CT molecular complexity index is 3760. The van der Waals surface area contributed by atoms with E-state index in [1.807, 2.05) is 109 Å². The third-order valence-electron chi connectivity index (χ3n) is 18.0. The summed E-state index contributed by atoms with van der Waals surface area (Å²) in [6, 6.07) is 10.7. The van der Waals surface area contributed by atoms with Gasteiger partial charge in [0.15, 0.2) is 17.0 Å². The Morgan fingerprint density at radius 1 is 0.585 bits per heavy atom. The topological polar surface area (TPSA) is 246 Å². The first kappa shape index (κ1) is 77.7. The molecule has 0 saturated heterocycles. The molecule has 1 fully saturated rings. The molecule has 94 heavy (non-hydrogen) atoms. The molecule has 5 unspecified atom stereocenters.